The van der Waals surface area contributed by atoms with Crippen molar-refractivity contribution in [2.24, 2.45) is 5.73 Å². The van der Waals surface area contributed by atoms with Gasteiger partial charge in [0.15, 0.2) is 30.5 Å². The summed E-state index contributed by atoms with van der Waals surface area (Å²) in [5.41, 5.74) is 11.3. The summed E-state index contributed by atoms with van der Waals surface area (Å²) in [7, 11) is 1.14. The number of hydrogen-bond donors (Lipinski definition) is 5. The third-order valence-electron chi connectivity index (χ3n) is 13.1. The topological polar surface area (TPSA) is 392 Å². The molecule has 11 rings (SSSR count). The van der Waals surface area contributed by atoms with Gasteiger partial charge in [-0.25, -0.2) is 9.59 Å². The number of aromatic amines is 1. The highest BCUT2D eigenvalue weighted by atomic mass is 79.9. The second-order valence-corrected chi connectivity index (χ2v) is 24.7. The Morgan fingerprint density at radius 1 is 0.515 bits per heavy atom. The number of carbonyl (C=O) groups is 3. The summed E-state index contributed by atoms with van der Waals surface area (Å²) in [6, 6.07) is 36.4. The number of amides is 1. The van der Waals surface area contributed by atoms with Crippen LogP contribution in [-0.4, -0.2) is 144 Å². The van der Waals surface area contributed by atoms with Crippen LogP contribution < -0.4 is 24.7 Å². The number of aliphatic hydroxyl groups is 1. The molecule has 6 N–H and O–H groups in total. The standard InChI is InChI=1S/C13H11BrFN5O2.C13H12BrFN2O3.C13H10BrFN2O2.C13H11BrFNO4.C9H6BrNO2.C5H9FO3/c14-8-1-2-11(9(7-8)10-4-6-21-18-10)22-12(3-5-15)13-16-19-20-17-13;14-8-1-2-11(20-12(3-5-15)13(16)18)9(7-8)10-4-6-19-17-10;14-9-1-2-13(19-10(8-16)3-5-15)11(7-9)12-4-6-18-17-12;14-8-1-2-11(20-12(3-5-15)13(17)18)9(7-8)10-4-6-19-16-10;10-6-1-2-9(12)7(5-6)8-3-4-13-11-8;1-9-5(8)4(7)2-3-6/h1-2,4,6-7,12H,3,5H2,(H,16,17,19,20);1-2,4,6-7,12H,3,5H2,(H2,16,18);1-2,4,6-7,10H,3,5H2;1-2,4,6-7,12H,3,5H2,(H,17,18);1-5,12H;4,7H,2-3H2,1H3/t2*12-;10-;12-;;4-/m0000.0/s1. The van der Waals surface area contributed by atoms with Crippen LogP contribution >= 0.6 is 79.6 Å². The first-order valence-corrected chi connectivity index (χ1v) is 33.8. The molecule has 5 aromatic carbocycles. The molecule has 5 atom stereocenters. The number of aromatic hydroxyl groups is 1. The average Bonchev–Trinajstić information content (AvgIpc) is 1.86. The zero-order chi connectivity index (χ0) is 74.6. The SMILES string of the molecule is COC(=O)[C@@H](O)CCF.FCC[C@H](Oc1ccc(Br)cc1-c1ccon1)c1nn[nH]n1.N#C[C@H](CCF)Oc1ccc(Br)cc1-c1ccon1.NC(=O)[C@H](CCF)Oc1ccc(Br)cc1-c1ccon1.O=C(O)[C@H](CCF)Oc1ccc(Br)cc1-c1ccon1.Oc1ccc(Br)cc1-c1ccon1. The number of primary amides is 1. The number of carbonyl (C=O) groups excluding carboxylic acids is 2. The molecule has 6 aromatic heterocycles. The Morgan fingerprint density at radius 2 is 0.874 bits per heavy atom. The lowest BCUT2D eigenvalue weighted by Gasteiger charge is -2.17. The lowest BCUT2D eigenvalue weighted by Crippen LogP contribution is -2.34. The van der Waals surface area contributed by atoms with Gasteiger partial charge in [-0.05, 0) is 91.0 Å². The van der Waals surface area contributed by atoms with E-state index in [1.165, 1.54) is 31.3 Å². The van der Waals surface area contributed by atoms with E-state index in [0.717, 1.165) is 35.0 Å². The molecule has 0 aliphatic heterocycles. The molecule has 0 bridgehead atoms. The number of aliphatic carboxylic acids is 1. The molecule has 0 radical (unpaired) electrons. The molecule has 103 heavy (non-hydrogen) atoms. The fraction of sp³-hybridized carbons (Fsp3) is 0.242. The number of halogens is 10. The average molecular weight is 1760 g/mol. The molecule has 0 saturated heterocycles. The minimum absolute atomic E-state index is 0.0326. The van der Waals surface area contributed by atoms with E-state index in [1.807, 2.05) is 18.2 Å². The molecule has 0 saturated carbocycles. The number of benzene rings is 5. The van der Waals surface area contributed by atoms with Crippen LogP contribution in [0.3, 0.4) is 0 Å². The van der Waals surface area contributed by atoms with Gasteiger partial charge in [0.1, 0.15) is 94.6 Å². The van der Waals surface area contributed by atoms with Crippen molar-refractivity contribution >= 4 is 97.5 Å². The lowest BCUT2D eigenvalue weighted by atomic mass is 10.1. The Balaban J connectivity index is 0.000000198. The summed E-state index contributed by atoms with van der Waals surface area (Å²) in [4.78, 5) is 32.5. The molecule has 0 unspecified atom stereocenters. The van der Waals surface area contributed by atoms with E-state index < -0.39 is 81.7 Å². The number of phenols is 1. The zero-order valence-electron chi connectivity index (χ0n) is 53.4. The summed E-state index contributed by atoms with van der Waals surface area (Å²) in [6.45, 7) is -3.34. The van der Waals surface area contributed by atoms with Gasteiger partial charge < -0.3 is 67.4 Å². The molecule has 1 amide bonds. The van der Waals surface area contributed by atoms with Crippen LogP contribution in [0.5, 0.6) is 28.7 Å². The number of tetrazole rings is 1. The molecule has 6 heterocycles. The number of methoxy groups -OCH3 is 1. The molecule has 0 aliphatic carbocycles. The number of rotatable bonds is 27. The van der Waals surface area contributed by atoms with Gasteiger partial charge in [-0.3, -0.25) is 26.7 Å². The fourth-order valence-corrected chi connectivity index (χ4v) is 10.1. The van der Waals surface area contributed by atoms with E-state index in [4.69, 9.17) is 58.2 Å². The number of nitrogens with one attached hydrogen (secondary N) is 1. The maximum atomic E-state index is 12.8. The van der Waals surface area contributed by atoms with Crippen molar-refractivity contribution in [3.8, 4) is 91.1 Å². The predicted molar refractivity (Wildman–Crippen MR) is 374 cm³/mol. The zero-order valence-corrected chi connectivity index (χ0v) is 61.4. The molecule has 0 aliphatic rings. The van der Waals surface area contributed by atoms with Gasteiger partial charge in [0, 0.05) is 113 Å². The molecule has 37 heteroatoms. The summed E-state index contributed by atoms with van der Waals surface area (Å²) in [5, 5.41) is 68.6. The number of nitrogens with zero attached hydrogens (tertiary/aromatic N) is 9. The van der Waals surface area contributed by atoms with Crippen molar-refractivity contribution in [2.75, 3.05) is 40.5 Å². The molecular weight excluding hydrogens is 1700 g/mol. The largest absolute Gasteiger partial charge is 0.507 e. The van der Waals surface area contributed by atoms with Crippen LogP contribution in [0.4, 0.5) is 22.0 Å². The first kappa shape index (κ1) is 82.1. The Hall–Kier alpha value is -9.87. The number of phenolic OH excluding ortho intramolecular Hbond substituents is 1. The smallest absolute Gasteiger partial charge is 0.344 e. The number of alkyl halides is 5. The van der Waals surface area contributed by atoms with Crippen LogP contribution in [0.25, 0.3) is 56.3 Å². The summed E-state index contributed by atoms with van der Waals surface area (Å²) in [5.74, 6) is -0.524. The van der Waals surface area contributed by atoms with Gasteiger partial charge in [0.2, 0.25) is 5.82 Å². The number of H-pyrrole nitrogens is 1. The number of aromatic nitrogens is 9. The molecule has 0 fully saturated rings. The van der Waals surface area contributed by atoms with Crippen LogP contribution in [0.15, 0.2) is 198 Å². The predicted octanol–water partition coefficient (Wildman–Crippen LogP) is 15.5. The second kappa shape index (κ2) is 43.8. The Morgan fingerprint density at radius 3 is 1.21 bits per heavy atom. The number of esters is 1. The van der Waals surface area contributed by atoms with Gasteiger partial charge in [-0.2, -0.15) is 10.5 Å². The number of hydrogen-bond acceptors (Lipinski definition) is 24. The summed E-state index contributed by atoms with van der Waals surface area (Å²) < 4.78 is 116. The van der Waals surface area contributed by atoms with Gasteiger partial charge in [0.25, 0.3) is 5.91 Å². The van der Waals surface area contributed by atoms with Gasteiger partial charge >= 0.3 is 11.9 Å². The molecule has 11 aromatic rings. The minimum Gasteiger partial charge on any atom is -0.507 e. The molecular formula is C66H59Br5F5N11O16. The number of ether oxygens (including phenoxy) is 5. The fourth-order valence-electron chi connectivity index (χ4n) is 8.25. The van der Waals surface area contributed by atoms with Crippen molar-refractivity contribution in [3.63, 3.8) is 0 Å². The second-order valence-electron chi connectivity index (χ2n) is 20.1. The van der Waals surface area contributed by atoms with E-state index in [-0.39, 0.29) is 37.9 Å². The van der Waals surface area contributed by atoms with E-state index in [2.05, 4.69) is 135 Å². The van der Waals surface area contributed by atoms with Crippen LogP contribution in [0, 0.1) is 11.3 Å². The first-order chi connectivity index (χ1) is 49.7. The van der Waals surface area contributed by atoms with Crippen molar-refractivity contribution in [1.29, 1.82) is 5.26 Å². The molecule has 544 valence electrons. The van der Waals surface area contributed by atoms with Crippen molar-refractivity contribution < 1.29 is 98.0 Å². The van der Waals surface area contributed by atoms with Crippen molar-refractivity contribution in [3.05, 3.63) is 181 Å². The van der Waals surface area contributed by atoms with Crippen molar-refractivity contribution in [1.82, 2.24) is 46.4 Å². The number of aliphatic hydroxyl groups excluding tert-OH is 1. The summed E-state index contributed by atoms with van der Waals surface area (Å²) in [6.07, 6.45) is 1.82. The molecule has 27 nitrogen and oxygen atoms in total. The maximum Gasteiger partial charge on any atom is 0.344 e. The highest BCUT2D eigenvalue weighted by Crippen LogP contribution is 2.38. The van der Waals surface area contributed by atoms with E-state index in [1.54, 1.807) is 109 Å². The van der Waals surface area contributed by atoms with Crippen LogP contribution in [-0.2, 0) is 19.1 Å². The quantitative estimate of drug-likeness (QED) is 0.0236. The molecule has 0 spiro atoms. The van der Waals surface area contributed by atoms with Gasteiger partial charge in [-0.1, -0.05) is 111 Å². The number of nitriles is 1. The van der Waals surface area contributed by atoms with E-state index in [9.17, 15) is 41.4 Å². The van der Waals surface area contributed by atoms with E-state index in [0.29, 0.717) is 79.5 Å². The Kier molecular flexibility index (Phi) is 34.9. The van der Waals surface area contributed by atoms with Gasteiger partial charge in [0.05, 0.1) is 40.5 Å². The maximum absolute atomic E-state index is 12.8. The third-order valence-corrected chi connectivity index (χ3v) is 15.6. The van der Waals surface area contributed by atoms with Crippen LogP contribution in [0.2, 0.25) is 0 Å². The number of nitrogens with two attached hydrogens (primary N) is 1. The monoisotopic (exact) mass is 1750 g/mol. The van der Waals surface area contributed by atoms with Crippen LogP contribution in [0.1, 0.15) is 44.0 Å². The first-order valence-electron chi connectivity index (χ1n) is 29.8. The van der Waals surface area contributed by atoms with Crippen molar-refractivity contribution in [2.45, 2.75) is 62.6 Å². The highest BCUT2D eigenvalue weighted by Gasteiger charge is 2.25. The number of carboxylic acid groups (broad SMARTS) is 1. The third kappa shape index (κ3) is 26.5. The highest BCUT2D eigenvalue weighted by molar-refractivity contribution is 9.11. The minimum atomic E-state index is -1.31. The van der Waals surface area contributed by atoms with Gasteiger partial charge in [-0.15, -0.1) is 10.2 Å². The Bertz CT molecular complexity index is 4240. The normalized spacial score (nSPS) is 11.9. The number of carboxylic acids is 1. The summed E-state index contributed by atoms with van der Waals surface area (Å²) >= 11 is 16.7. The Labute approximate surface area is 623 Å². The van der Waals surface area contributed by atoms with E-state index >= 15 is 0 Å². The lowest BCUT2D eigenvalue weighted by molar-refractivity contribution is -0.150.